The second kappa shape index (κ2) is 3.49. The van der Waals surface area contributed by atoms with E-state index in [9.17, 15) is 0 Å². The Morgan fingerprint density at radius 3 is 2.76 bits per heavy atom. The summed E-state index contributed by atoms with van der Waals surface area (Å²) in [6, 6.07) is 7.73. The molecular formula is C11H10ClN5. The fourth-order valence-corrected chi connectivity index (χ4v) is 1.85. The van der Waals surface area contributed by atoms with Crippen LogP contribution in [0.15, 0.2) is 24.3 Å². The minimum Gasteiger partial charge on any atom is -0.382 e. The SMILES string of the molecule is Cc1nn(-c2nc3ccccc3[nH]2)c(N)c1Cl. The van der Waals surface area contributed by atoms with Crippen LogP contribution in [0, 0.1) is 6.92 Å². The first kappa shape index (κ1) is 10.2. The third kappa shape index (κ3) is 1.47. The lowest BCUT2D eigenvalue weighted by Crippen LogP contribution is -2.03. The molecule has 3 aromatic rings. The number of hydrogen-bond acceptors (Lipinski definition) is 3. The summed E-state index contributed by atoms with van der Waals surface area (Å²) in [6.07, 6.45) is 0. The second-order valence-corrected chi connectivity index (χ2v) is 4.15. The Morgan fingerprint density at radius 1 is 1.35 bits per heavy atom. The first-order chi connectivity index (χ1) is 8.16. The molecule has 0 radical (unpaired) electrons. The van der Waals surface area contributed by atoms with Gasteiger partial charge in [-0.2, -0.15) is 9.78 Å². The van der Waals surface area contributed by atoms with Crippen molar-refractivity contribution in [2.75, 3.05) is 5.73 Å². The van der Waals surface area contributed by atoms with Gasteiger partial charge in [-0.15, -0.1) is 0 Å². The van der Waals surface area contributed by atoms with Crippen LogP contribution in [0.1, 0.15) is 5.69 Å². The number of aromatic amines is 1. The van der Waals surface area contributed by atoms with E-state index in [-0.39, 0.29) is 0 Å². The number of para-hydroxylation sites is 2. The van der Waals surface area contributed by atoms with E-state index < -0.39 is 0 Å². The minimum atomic E-state index is 0.392. The molecule has 0 saturated carbocycles. The maximum Gasteiger partial charge on any atom is 0.231 e. The highest BCUT2D eigenvalue weighted by Crippen LogP contribution is 2.25. The van der Waals surface area contributed by atoms with Crippen molar-refractivity contribution in [3.8, 4) is 5.95 Å². The van der Waals surface area contributed by atoms with Crippen molar-refractivity contribution in [3.05, 3.63) is 35.0 Å². The number of nitrogens with two attached hydrogens (primary N) is 1. The van der Waals surface area contributed by atoms with E-state index in [0.29, 0.717) is 22.5 Å². The normalized spacial score (nSPS) is 11.2. The predicted molar refractivity (Wildman–Crippen MR) is 67.4 cm³/mol. The molecule has 0 aliphatic heterocycles. The summed E-state index contributed by atoms with van der Waals surface area (Å²) in [5.41, 5.74) is 8.35. The summed E-state index contributed by atoms with van der Waals surface area (Å²) in [5, 5.41) is 4.70. The molecule has 0 spiro atoms. The van der Waals surface area contributed by atoms with Gasteiger partial charge in [0.1, 0.15) is 10.8 Å². The van der Waals surface area contributed by atoms with Gasteiger partial charge in [-0.3, -0.25) is 0 Å². The molecule has 0 bridgehead atoms. The molecule has 1 aromatic carbocycles. The molecule has 0 atom stereocenters. The summed E-state index contributed by atoms with van der Waals surface area (Å²) < 4.78 is 1.51. The number of imidazole rings is 1. The molecule has 5 nitrogen and oxygen atoms in total. The summed E-state index contributed by atoms with van der Waals surface area (Å²) in [4.78, 5) is 7.55. The number of benzene rings is 1. The number of nitrogens with one attached hydrogen (secondary N) is 1. The van der Waals surface area contributed by atoms with E-state index >= 15 is 0 Å². The Hall–Kier alpha value is -2.01. The van der Waals surface area contributed by atoms with Crippen molar-refractivity contribution in [2.24, 2.45) is 0 Å². The summed E-state index contributed by atoms with van der Waals surface area (Å²) >= 11 is 6.00. The smallest absolute Gasteiger partial charge is 0.231 e. The number of fused-ring (bicyclic) bond motifs is 1. The Labute approximate surface area is 102 Å². The average molecular weight is 248 g/mol. The molecule has 86 valence electrons. The number of rotatable bonds is 1. The Morgan fingerprint density at radius 2 is 2.12 bits per heavy atom. The molecule has 2 aromatic heterocycles. The van der Waals surface area contributed by atoms with Crippen LogP contribution in [0.5, 0.6) is 0 Å². The van der Waals surface area contributed by atoms with Crippen LogP contribution in [0.25, 0.3) is 17.0 Å². The third-order valence-electron chi connectivity index (χ3n) is 2.60. The van der Waals surface area contributed by atoms with Crippen LogP contribution >= 0.6 is 11.6 Å². The van der Waals surface area contributed by atoms with Gasteiger partial charge in [-0.1, -0.05) is 23.7 Å². The number of aromatic nitrogens is 4. The molecule has 0 unspecified atom stereocenters. The molecule has 17 heavy (non-hydrogen) atoms. The lowest BCUT2D eigenvalue weighted by Gasteiger charge is -1.97. The number of hydrogen-bond donors (Lipinski definition) is 2. The number of aryl methyl sites for hydroxylation is 1. The molecule has 0 amide bonds. The molecule has 0 saturated heterocycles. The van der Waals surface area contributed by atoms with Gasteiger partial charge in [-0.05, 0) is 19.1 Å². The zero-order valence-electron chi connectivity index (χ0n) is 9.11. The van der Waals surface area contributed by atoms with Crippen LogP contribution in [0.3, 0.4) is 0 Å². The molecular weight excluding hydrogens is 238 g/mol. The molecule has 3 rings (SSSR count). The molecule has 0 aliphatic carbocycles. The van der Waals surface area contributed by atoms with E-state index in [1.54, 1.807) is 6.92 Å². The zero-order valence-corrected chi connectivity index (χ0v) is 9.86. The highest BCUT2D eigenvalue weighted by Gasteiger charge is 2.14. The monoisotopic (exact) mass is 247 g/mol. The highest BCUT2D eigenvalue weighted by atomic mass is 35.5. The summed E-state index contributed by atoms with van der Waals surface area (Å²) in [7, 11) is 0. The number of halogens is 1. The first-order valence-corrected chi connectivity index (χ1v) is 5.50. The van der Waals surface area contributed by atoms with Crippen molar-refractivity contribution in [1.29, 1.82) is 0 Å². The Balaban J connectivity index is 2.23. The van der Waals surface area contributed by atoms with Crippen molar-refractivity contribution in [3.63, 3.8) is 0 Å². The van der Waals surface area contributed by atoms with Crippen LogP contribution < -0.4 is 5.73 Å². The van der Waals surface area contributed by atoms with E-state index in [1.165, 1.54) is 4.68 Å². The molecule has 2 heterocycles. The van der Waals surface area contributed by atoms with Gasteiger partial charge in [0, 0.05) is 0 Å². The quantitative estimate of drug-likeness (QED) is 0.693. The fraction of sp³-hybridized carbons (Fsp3) is 0.0909. The van der Waals surface area contributed by atoms with Gasteiger partial charge in [0.25, 0.3) is 0 Å². The van der Waals surface area contributed by atoms with Gasteiger partial charge in [0.05, 0.1) is 16.7 Å². The van der Waals surface area contributed by atoms with Crippen LogP contribution in [0.2, 0.25) is 5.02 Å². The van der Waals surface area contributed by atoms with E-state index in [4.69, 9.17) is 17.3 Å². The molecule has 0 aliphatic rings. The predicted octanol–water partition coefficient (Wildman–Crippen LogP) is 2.29. The van der Waals surface area contributed by atoms with Crippen LogP contribution in [0.4, 0.5) is 5.82 Å². The lowest BCUT2D eigenvalue weighted by atomic mass is 10.3. The third-order valence-corrected chi connectivity index (χ3v) is 3.07. The van der Waals surface area contributed by atoms with Gasteiger partial charge in [-0.25, -0.2) is 4.98 Å². The Bertz CT molecular complexity index is 664. The van der Waals surface area contributed by atoms with Crippen molar-refractivity contribution in [2.45, 2.75) is 6.92 Å². The lowest BCUT2D eigenvalue weighted by molar-refractivity contribution is 0.825. The van der Waals surface area contributed by atoms with Crippen LogP contribution in [-0.4, -0.2) is 19.7 Å². The standard InChI is InChI=1S/C11H10ClN5/c1-6-9(12)10(13)17(16-6)11-14-7-4-2-3-5-8(7)15-11/h2-5H,13H2,1H3,(H,14,15). The van der Waals surface area contributed by atoms with Gasteiger partial charge in [0.2, 0.25) is 5.95 Å². The van der Waals surface area contributed by atoms with E-state index in [2.05, 4.69) is 15.1 Å². The number of nitrogen functional groups attached to an aromatic ring is 1. The second-order valence-electron chi connectivity index (χ2n) is 3.77. The minimum absolute atomic E-state index is 0.392. The topological polar surface area (TPSA) is 72.5 Å². The van der Waals surface area contributed by atoms with Crippen LogP contribution in [-0.2, 0) is 0 Å². The van der Waals surface area contributed by atoms with Gasteiger partial charge in [0.15, 0.2) is 0 Å². The Kier molecular flexibility index (Phi) is 2.09. The van der Waals surface area contributed by atoms with E-state index in [0.717, 1.165) is 11.0 Å². The van der Waals surface area contributed by atoms with Crippen molar-refractivity contribution in [1.82, 2.24) is 19.7 Å². The fourth-order valence-electron chi connectivity index (χ4n) is 1.73. The first-order valence-electron chi connectivity index (χ1n) is 5.12. The summed E-state index contributed by atoms with van der Waals surface area (Å²) in [5.74, 6) is 0.960. The maximum atomic E-state index is 6.00. The molecule has 6 heteroatoms. The average Bonchev–Trinajstić information content (AvgIpc) is 2.86. The van der Waals surface area contributed by atoms with Gasteiger partial charge < -0.3 is 10.7 Å². The summed E-state index contributed by atoms with van der Waals surface area (Å²) in [6.45, 7) is 1.80. The van der Waals surface area contributed by atoms with Crippen molar-refractivity contribution >= 4 is 28.5 Å². The largest absolute Gasteiger partial charge is 0.382 e. The number of anilines is 1. The molecule has 3 N–H and O–H groups in total. The zero-order chi connectivity index (χ0) is 12.0. The highest BCUT2D eigenvalue weighted by molar-refractivity contribution is 6.33. The number of H-pyrrole nitrogens is 1. The number of nitrogens with zero attached hydrogens (tertiary/aromatic N) is 3. The van der Waals surface area contributed by atoms with E-state index in [1.807, 2.05) is 24.3 Å². The molecule has 0 fully saturated rings. The van der Waals surface area contributed by atoms with Gasteiger partial charge >= 0.3 is 0 Å². The maximum absolute atomic E-state index is 6.00. The van der Waals surface area contributed by atoms with Crippen molar-refractivity contribution < 1.29 is 0 Å².